The minimum atomic E-state index is -0.487. The number of benzene rings is 2. The van der Waals surface area contributed by atoms with Crippen molar-refractivity contribution in [1.29, 1.82) is 0 Å². The third-order valence-electron chi connectivity index (χ3n) is 6.13. The summed E-state index contributed by atoms with van der Waals surface area (Å²) < 4.78 is 31.0. The Morgan fingerprint density at radius 3 is 2.81 bits per heavy atom. The molecule has 1 N–H and O–H groups in total. The quantitative estimate of drug-likeness (QED) is 0.300. The fourth-order valence-electron chi connectivity index (χ4n) is 4.14. The highest BCUT2D eigenvalue weighted by Crippen LogP contribution is 2.37. The summed E-state index contributed by atoms with van der Waals surface area (Å²) in [5.41, 5.74) is 1.30. The van der Waals surface area contributed by atoms with Gasteiger partial charge in [0.05, 0.1) is 30.3 Å². The molecule has 1 aliphatic carbocycles. The van der Waals surface area contributed by atoms with Crippen molar-refractivity contribution in [3.63, 3.8) is 0 Å². The van der Waals surface area contributed by atoms with Crippen molar-refractivity contribution in [2.45, 2.75) is 32.3 Å². The molecule has 8 nitrogen and oxygen atoms in total. The van der Waals surface area contributed by atoms with Crippen LogP contribution in [0.25, 0.3) is 10.9 Å². The van der Waals surface area contributed by atoms with Crippen LogP contribution in [-0.2, 0) is 9.53 Å². The van der Waals surface area contributed by atoms with E-state index in [-0.39, 0.29) is 17.1 Å². The number of carbonyl (C=O) groups is 1. The summed E-state index contributed by atoms with van der Waals surface area (Å²) in [4.78, 5) is 22.5. The van der Waals surface area contributed by atoms with Crippen molar-refractivity contribution in [2.75, 3.05) is 38.2 Å². The van der Waals surface area contributed by atoms with E-state index >= 15 is 0 Å². The molecule has 1 atom stereocenters. The zero-order chi connectivity index (χ0) is 25.1. The summed E-state index contributed by atoms with van der Waals surface area (Å²) in [6.07, 6.45) is 4.46. The fourth-order valence-corrected chi connectivity index (χ4v) is 4.32. The van der Waals surface area contributed by atoms with Gasteiger partial charge in [0.15, 0.2) is 11.5 Å². The number of fused-ring (bicyclic) bond motifs is 1. The standard InChI is InChI=1S/C26H28ClFN4O4/c1-16-12-32(13-25(33)36-16)7-2-8-34-23-10-19-22(11-24(23)35-14-17-3-4-17)29-15-30-26(19)31-18-5-6-21(28)20(27)9-18/h5-6,9-11,15-17H,2-4,7-8,12-14H2,1H3,(H,29,30,31)/t16-/m1/s1. The van der Waals surface area contributed by atoms with Crippen LogP contribution in [0.3, 0.4) is 0 Å². The summed E-state index contributed by atoms with van der Waals surface area (Å²) >= 11 is 5.94. The van der Waals surface area contributed by atoms with E-state index < -0.39 is 5.82 Å². The molecule has 2 aliphatic rings. The average Bonchev–Trinajstić information content (AvgIpc) is 3.67. The highest BCUT2D eigenvalue weighted by Gasteiger charge is 2.24. The number of anilines is 2. The van der Waals surface area contributed by atoms with Gasteiger partial charge in [0.25, 0.3) is 0 Å². The van der Waals surface area contributed by atoms with Crippen LogP contribution in [0.15, 0.2) is 36.7 Å². The number of cyclic esters (lactones) is 1. The van der Waals surface area contributed by atoms with Gasteiger partial charge in [0.2, 0.25) is 0 Å². The molecule has 1 saturated heterocycles. The normalized spacial score (nSPS) is 18.2. The number of morpholine rings is 1. The first kappa shape index (κ1) is 24.5. The zero-order valence-corrected chi connectivity index (χ0v) is 20.8. The van der Waals surface area contributed by atoms with E-state index in [9.17, 15) is 9.18 Å². The third kappa shape index (κ3) is 6.14. The molecule has 3 aromatic rings. The molecule has 2 heterocycles. The maximum atomic E-state index is 13.6. The van der Waals surface area contributed by atoms with Gasteiger partial charge in [0, 0.05) is 30.2 Å². The molecule has 1 aliphatic heterocycles. The summed E-state index contributed by atoms with van der Waals surface area (Å²) in [5, 5.41) is 3.95. The molecule has 0 radical (unpaired) electrons. The Labute approximate surface area is 213 Å². The second kappa shape index (κ2) is 10.8. The number of carbonyl (C=O) groups excluding carboxylic acids is 1. The number of hydrogen-bond acceptors (Lipinski definition) is 8. The van der Waals surface area contributed by atoms with Crippen molar-refractivity contribution >= 4 is 40.0 Å². The SMILES string of the molecule is C[C@@H]1CN(CCCOc2cc3c(Nc4ccc(F)c(Cl)c4)ncnc3cc2OCC2CC2)CC(=O)O1. The highest BCUT2D eigenvalue weighted by molar-refractivity contribution is 6.31. The van der Waals surface area contributed by atoms with Crippen LogP contribution < -0.4 is 14.8 Å². The van der Waals surface area contributed by atoms with Gasteiger partial charge in [-0.15, -0.1) is 0 Å². The van der Waals surface area contributed by atoms with Crippen molar-refractivity contribution in [3.05, 3.63) is 47.5 Å². The van der Waals surface area contributed by atoms with Gasteiger partial charge < -0.3 is 19.5 Å². The van der Waals surface area contributed by atoms with Crippen LogP contribution in [-0.4, -0.2) is 59.8 Å². The van der Waals surface area contributed by atoms with Crippen molar-refractivity contribution < 1.29 is 23.4 Å². The van der Waals surface area contributed by atoms with Crippen molar-refractivity contribution in [1.82, 2.24) is 14.9 Å². The zero-order valence-electron chi connectivity index (χ0n) is 20.0. The highest BCUT2D eigenvalue weighted by atomic mass is 35.5. The molecule has 10 heteroatoms. The number of halogens is 2. The number of esters is 1. The predicted molar refractivity (Wildman–Crippen MR) is 135 cm³/mol. The van der Waals surface area contributed by atoms with Gasteiger partial charge in [-0.25, -0.2) is 14.4 Å². The fraction of sp³-hybridized carbons (Fsp3) is 0.423. The Bertz CT molecular complexity index is 1260. The third-order valence-corrected chi connectivity index (χ3v) is 6.42. The molecule has 2 fully saturated rings. The summed E-state index contributed by atoms with van der Waals surface area (Å²) in [6, 6.07) is 8.13. The van der Waals surface area contributed by atoms with Crippen LogP contribution in [0.4, 0.5) is 15.9 Å². The summed E-state index contributed by atoms with van der Waals surface area (Å²) in [6.45, 7) is 4.74. The van der Waals surface area contributed by atoms with Crippen molar-refractivity contribution in [3.8, 4) is 11.5 Å². The molecule has 0 unspecified atom stereocenters. The van der Waals surface area contributed by atoms with Gasteiger partial charge in [-0.05, 0) is 56.4 Å². The van der Waals surface area contributed by atoms with E-state index in [4.69, 9.17) is 25.8 Å². The van der Waals surface area contributed by atoms with E-state index in [1.165, 1.54) is 31.3 Å². The van der Waals surface area contributed by atoms with Crippen LogP contribution in [0.1, 0.15) is 26.2 Å². The Morgan fingerprint density at radius 1 is 1.19 bits per heavy atom. The van der Waals surface area contributed by atoms with Crippen LogP contribution in [0, 0.1) is 11.7 Å². The summed E-state index contributed by atoms with van der Waals surface area (Å²) in [7, 11) is 0. The Balaban J connectivity index is 1.33. The average molecular weight is 515 g/mol. The maximum absolute atomic E-state index is 13.6. The number of hydrogen-bond donors (Lipinski definition) is 1. The van der Waals surface area contributed by atoms with Gasteiger partial charge in [-0.1, -0.05) is 11.6 Å². The van der Waals surface area contributed by atoms with Crippen molar-refractivity contribution in [2.24, 2.45) is 5.92 Å². The molecular weight excluding hydrogens is 487 g/mol. The van der Waals surface area contributed by atoms with E-state index in [1.54, 1.807) is 6.07 Å². The van der Waals surface area contributed by atoms with Crippen LogP contribution in [0.5, 0.6) is 11.5 Å². The Hall–Kier alpha value is -3.17. The lowest BCUT2D eigenvalue weighted by Gasteiger charge is -2.30. The van der Waals surface area contributed by atoms with Crippen LogP contribution in [0.2, 0.25) is 5.02 Å². The number of ether oxygens (including phenoxy) is 3. The maximum Gasteiger partial charge on any atom is 0.320 e. The number of nitrogens with one attached hydrogen (secondary N) is 1. The number of rotatable bonds is 10. The van der Waals surface area contributed by atoms with E-state index in [1.807, 2.05) is 19.1 Å². The van der Waals surface area contributed by atoms with E-state index in [2.05, 4.69) is 20.2 Å². The van der Waals surface area contributed by atoms with Gasteiger partial charge in [0.1, 0.15) is 24.1 Å². The smallest absolute Gasteiger partial charge is 0.320 e. The number of nitrogens with zero attached hydrogens (tertiary/aromatic N) is 3. The molecule has 2 aromatic carbocycles. The first-order valence-corrected chi connectivity index (χ1v) is 12.5. The van der Waals surface area contributed by atoms with E-state index in [0.29, 0.717) is 54.2 Å². The molecule has 0 amide bonds. The predicted octanol–water partition coefficient (Wildman–Crippen LogP) is 4.97. The number of aromatic nitrogens is 2. The lowest BCUT2D eigenvalue weighted by atomic mass is 10.2. The molecule has 0 bridgehead atoms. The molecule has 5 rings (SSSR count). The molecule has 36 heavy (non-hydrogen) atoms. The lowest BCUT2D eigenvalue weighted by molar-refractivity contribution is -0.157. The Kier molecular flexibility index (Phi) is 7.38. The first-order valence-electron chi connectivity index (χ1n) is 12.1. The molecule has 1 aromatic heterocycles. The monoisotopic (exact) mass is 514 g/mol. The van der Waals surface area contributed by atoms with E-state index in [0.717, 1.165) is 24.9 Å². The topological polar surface area (TPSA) is 85.8 Å². The first-order chi connectivity index (χ1) is 17.4. The second-order valence-corrected chi connectivity index (χ2v) is 9.69. The molecule has 0 spiro atoms. The largest absolute Gasteiger partial charge is 0.490 e. The molecular formula is C26H28ClFN4O4. The summed E-state index contributed by atoms with van der Waals surface area (Å²) in [5.74, 6) is 1.69. The van der Waals surface area contributed by atoms with Crippen LogP contribution >= 0.6 is 11.6 Å². The van der Waals surface area contributed by atoms with Gasteiger partial charge >= 0.3 is 5.97 Å². The molecule has 190 valence electrons. The van der Waals surface area contributed by atoms with Gasteiger partial charge in [-0.3, -0.25) is 9.69 Å². The minimum Gasteiger partial charge on any atom is -0.490 e. The lowest BCUT2D eigenvalue weighted by Crippen LogP contribution is -2.44. The minimum absolute atomic E-state index is 0.0227. The second-order valence-electron chi connectivity index (χ2n) is 9.28. The molecule has 1 saturated carbocycles. The van der Waals surface area contributed by atoms with Gasteiger partial charge in [-0.2, -0.15) is 0 Å². The Morgan fingerprint density at radius 2 is 2.03 bits per heavy atom.